The molecule has 1 unspecified atom stereocenters. The number of aliphatic hydroxyl groups is 1. The molecule has 1 atom stereocenters. The van der Waals surface area contributed by atoms with Gasteiger partial charge in [-0.3, -0.25) is 0 Å². The van der Waals surface area contributed by atoms with Crippen LogP contribution in [0.4, 0.5) is 0 Å². The van der Waals surface area contributed by atoms with Gasteiger partial charge in [0.25, 0.3) is 0 Å². The Morgan fingerprint density at radius 2 is 1.48 bits per heavy atom. The summed E-state index contributed by atoms with van der Waals surface area (Å²) in [6.45, 7) is 4.07. The fraction of sp³-hybridized carbons (Fsp3) is 0.455. The highest BCUT2D eigenvalue weighted by Gasteiger charge is 2.14. The van der Waals surface area contributed by atoms with Gasteiger partial charge in [0, 0.05) is 6.54 Å². The molecule has 0 amide bonds. The van der Waals surface area contributed by atoms with Crippen molar-refractivity contribution in [2.45, 2.75) is 44.8 Å². The van der Waals surface area contributed by atoms with Gasteiger partial charge in [-0.1, -0.05) is 74.0 Å². The third kappa shape index (κ3) is 8.30. The van der Waals surface area contributed by atoms with Crippen LogP contribution in [0.2, 0.25) is 0 Å². The van der Waals surface area contributed by atoms with Crippen molar-refractivity contribution in [3.8, 4) is 0 Å². The fourth-order valence-corrected chi connectivity index (χ4v) is 2.82. The minimum Gasteiger partial charge on any atom is -0.389 e. The Balaban J connectivity index is 1.85. The summed E-state index contributed by atoms with van der Waals surface area (Å²) < 4.78 is 6.08. The molecular weight excluding hydrogens is 310 g/mol. The maximum Gasteiger partial charge on any atom is 0.0897 e. The molecule has 0 bridgehead atoms. The van der Waals surface area contributed by atoms with Crippen molar-refractivity contribution in [2.75, 3.05) is 19.7 Å². The first-order valence-electron chi connectivity index (χ1n) is 9.36. The van der Waals surface area contributed by atoms with Gasteiger partial charge in [0.2, 0.25) is 0 Å². The van der Waals surface area contributed by atoms with Gasteiger partial charge in [-0.2, -0.15) is 0 Å². The molecule has 3 nitrogen and oxygen atoms in total. The minimum atomic E-state index is -0.467. The van der Waals surface area contributed by atoms with Gasteiger partial charge in [0.1, 0.15) is 0 Å². The lowest BCUT2D eigenvalue weighted by atomic mass is 10.0. The van der Waals surface area contributed by atoms with Crippen molar-refractivity contribution in [1.29, 1.82) is 0 Å². The molecule has 2 aromatic rings. The molecular formula is C22H31NO2. The highest BCUT2D eigenvalue weighted by Crippen LogP contribution is 2.12. The lowest BCUT2D eigenvalue weighted by Crippen LogP contribution is -2.33. The molecule has 2 N–H and O–H groups in total. The van der Waals surface area contributed by atoms with Crippen molar-refractivity contribution in [1.82, 2.24) is 5.32 Å². The van der Waals surface area contributed by atoms with Crippen LogP contribution in [0, 0.1) is 0 Å². The molecule has 0 aliphatic heterocycles. The Morgan fingerprint density at radius 1 is 0.920 bits per heavy atom. The minimum absolute atomic E-state index is 0.0649. The maximum absolute atomic E-state index is 10.1. The highest BCUT2D eigenvalue weighted by atomic mass is 16.5. The monoisotopic (exact) mass is 341 g/mol. The van der Waals surface area contributed by atoms with Crippen molar-refractivity contribution >= 4 is 0 Å². The first kappa shape index (κ1) is 19.6. The number of ether oxygens (including phenoxy) is 1. The number of nitrogens with one attached hydrogen (secondary N) is 1. The second-order valence-corrected chi connectivity index (χ2v) is 6.55. The standard InChI is InChI=1S/C22H31NO2/c1-2-3-14-23-17-21(24)18-25-22(15-19-10-6-4-7-11-19)16-20-12-8-5-9-13-20/h4-13,21-24H,2-3,14-18H2,1H3. The van der Waals surface area contributed by atoms with Crippen LogP contribution in [-0.2, 0) is 17.6 Å². The zero-order valence-electron chi connectivity index (χ0n) is 15.2. The molecule has 2 aromatic carbocycles. The first-order chi connectivity index (χ1) is 12.3. The summed E-state index contributed by atoms with van der Waals surface area (Å²) in [5.41, 5.74) is 2.53. The molecule has 0 aliphatic carbocycles. The van der Waals surface area contributed by atoms with Crippen molar-refractivity contribution in [3.63, 3.8) is 0 Å². The van der Waals surface area contributed by atoms with Crippen LogP contribution >= 0.6 is 0 Å². The Morgan fingerprint density at radius 3 is 2.00 bits per heavy atom. The predicted octanol–water partition coefficient (Wildman–Crippen LogP) is 3.61. The number of aliphatic hydroxyl groups excluding tert-OH is 1. The predicted molar refractivity (Wildman–Crippen MR) is 104 cm³/mol. The summed E-state index contributed by atoms with van der Waals surface area (Å²) in [4.78, 5) is 0. The van der Waals surface area contributed by atoms with Crippen LogP contribution in [0.15, 0.2) is 60.7 Å². The van der Waals surface area contributed by atoms with Crippen LogP contribution in [0.1, 0.15) is 30.9 Å². The average Bonchev–Trinajstić information content (AvgIpc) is 2.65. The van der Waals surface area contributed by atoms with E-state index >= 15 is 0 Å². The van der Waals surface area contributed by atoms with E-state index in [0.717, 1.165) is 32.2 Å². The summed E-state index contributed by atoms with van der Waals surface area (Å²) in [5.74, 6) is 0. The zero-order chi connectivity index (χ0) is 17.7. The molecule has 0 fully saturated rings. The van der Waals surface area contributed by atoms with E-state index in [-0.39, 0.29) is 6.10 Å². The fourth-order valence-electron chi connectivity index (χ4n) is 2.82. The first-order valence-corrected chi connectivity index (χ1v) is 9.36. The Labute approximate surface area is 152 Å². The lowest BCUT2D eigenvalue weighted by molar-refractivity contribution is -0.00805. The summed E-state index contributed by atoms with van der Waals surface area (Å²) >= 11 is 0. The highest BCUT2D eigenvalue weighted by molar-refractivity contribution is 5.19. The second-order valence-electron chi connectivity index (χ2n) is 6.55. The molecule has 3 heteroatoms. The zero-order valence-corrected chi connectivity index (χ0v) is 15.2. The van der Waals surface area contributed by atoms with Gasteiger partial charge in [-0.25, -0.2) is 0 Å². The van der Waals surface area contributed by atoms with Gasteiger partial charge in [-0.05, 0) is 36.9 Å². The molecule has 0 saturated heterocycles. The molecule has 2 rings (SSSR count). The topological polar surface area (TPSA) is 41.5 Å². The van der Waals surface area contributed by atoms with Crippen molar-refractivity contribution in [2.24, 2.45) is 0 Å². The van der Waals surface area contributed by atoms with Crippen LogP contribution in [0.3, 0.4) is 0 Å². The number of rotatable bonds is 12. The van der Waals surface area contributed by atoms with Gasteiger partial charge < -0.3 is 15.2 Å². The Bertz CT molecular complexity index is 517. The molecule has 0 aromatic heterocycles. The van der Waals surface area contributed by atoms with E-state index in [1.54, 1.807) is 0 Å². The van der Waals surface area contributed by atoms with E-state index < -0.39 is 6.10 Å². The van der Waals surface area contributed by atoms with Gasteiger partial charge in [0.05, 0.1) is 18.8 Å². The number of benzene rings is 2. The third-order valence-electron chi connectivity index (χ3n) is 4.22. The van der Waals surface area contributed by atoms with Gasteiger partial charge in [0.15, 0.2) is 0 Å². The van der Waals surface area contributed by atoms with E-state index in [1.807, 2.05) is 12.1 Å². The number of unbranched alkanes of at least 4 members (excludes halogenated alkanes) is 1. The summed E-state index contributed by atoms with van der Waals surface area (Å²) in [6, 6.07) is 20.8. The molecule has 136 valence electrons. The van der Waals surface area contributed by atoms with E-state index in [9.17, 15) is 5.11 Å². The van der Waals surface area contributed by atoms with E-state index in [1.165, 1.54) is 11.1 Å². The van der Waals surface area contributed by atoms with Crippen LogP contribution in [0.5, 0.6) is 0 Å². The van der Waals surface area contributed by atoms with Crippen LogP contribution < -0.4 is 5.32 Å². The van der Waals surface area contributed by atoms with E-state index in [0.29, 0.717) is 13.2 Å². The third-order valence-corrected chi connectivity index (χ3v) is 4.22. The smallest absolute Gasteiger partial charge is 0.0897 e. The summed E-state index contributed by atoms with van der Waals surface area (Å²) in [6.07, 6.45) is 3.60. The molecule has 25 heavy (non-hydrogen) atoms. The Hall–Kier alpha value is -1.68. The second kappa shape index (κ2) is 11.8. The maximum atomic E-state index is 10.1. The number of hydrogen-bond acceptors (Lipinski definition) is 3. The van der Waals surface area contributed by atoms with E-state index in [2.05, 4.69) is 60.8 Å². The molecule has 0 aliphatic rings. The lowest BCUT2D eigenvalue weighted by Gasteiger charge is -2.21. The van der Waals surface area contributed by atoms with Crippen LogP contribution in [0.25, 0.3) is 0 Å². The normalized spacial score (nSPS) is 12.4. The molecule has 0 radical (unpaired) electrons. The van der Waals surface area contributed by atoms with Gasteiger partial charge in [-0.15, -0.1) is 0 Å². The molecule has 0 heterocycles. The van der Waals surface area contributed by atoms with Gasteiger partial charge >= 0.3 is 0 Å². The largest absolute Gasteiger partial charge is 0.389 e. The summed E-state index contributed by atoms with van der Waals surface area (Å²) in [7, 11) is 0. The number of hydrogen-bond donors (Lipinski definition) is 2. The average molecular weight is 341 g/mol. The Kier molecular flexibility index (Phi) is 9.27. The van der Waals surface area contributed by atoms with Crippen molar-refractivity contribution < 1.29 is 9.84 Å². The van der Waals surface area contributed by atoms with Crippen LogP contribution in [-0.4, -0.2) is 37.0 Å². The van der Waals surface area contributed by atoms with E-state index in [4.69, 9.17) is 4.74 Å². The quantitative estimate of drug-likeness (QED) is 0.580. The van der Waals surface area contributed by atoms with Crippen molar-refractivity contribution in [3.05, 3.63) is 71.8 Å². The molecule has 0 saturated carbocycles. The SMILES string of the molecule is CCCCNCC(O)COC(Cc1ccccc1)Cc1ccccc1. The summed E-state index contributed by atoms with van der Waals surface area (Å²) in [5, 5.41) is 13.4. The molecule has 0 spiro atoms.